The van der Waals surface area contributed by atoms with Crippen LogP contribution in [0.5, 0.6) is 34.5 Å². The maximum Gasteiger partial charge on any atom is 0.165 e. The molecule has 0 spiro atoms. The van der Waals surface area contributed by atoms with Crippen LogP contribution < -0.4 is 14.2 Å². The standard InChI is InChI=1S/C25H16F3O3/c1-16-24(30-22-12-6-3-9-19(22)27)14-17(29-21-11-5-2-8-18(21)26)15-25(16)31-23-13-7-4-10-20(23)28/h2-15H,1H2. The van der Waals surface area contributed by atoms with Crippen molar-refractivity contribution in [2.75, 3.05) is 0 Å². The Morgan fingerprint density at radius 3 is 1.23 bits per heavy atom. The molecular weight excluding hydrogens is 405 g/mol. The van der Waals surface area contributed by atoms with Crippen LogP contribution in [0.2, 0.25) is 0 Å². The normalized spacial score (nSPS) is 10.6. The first-order valence-electron chi connectivity index (χ1n) is 9.28. The Hall–Kier alpha value is -3.93. The van der Waals surface area contributed by atoms with Gasteiger partial charge in [0.05, 0.1) is 0 Å². The van der Waals surface area contributed by atoms with Gasteiger partial charge in [-0.15, -0.1) is 0 Å². The SMILES string of the molecule is [CH2]c1c(Oc2ccccc2F)cc(Oc2ccccc2F)cc1Oc1ccccc1F. The fraction of sp³-hybridized carbons (Fsp3) is 0. The van der Waals surface area contributed by atoms with Crippen molar-refractivity contribution in [3.05, 3.63) is 115 Å². The zero-order valence-corrected chi connectivity index (χ0v) is 16.1. The predicted octanol–water partition coefficient (Wildman–Crippen LogP) is 7.66. The molecule has 4 rings (SSSR count). The van der Waals surface area contributed by atoms with Crippen molar-refractivity contribution in [3.8, 4) is 34.5 Å². The largest absolute Gasteiger partial charge is 0.454 e. The summed E-state index contributed by atoms with van der Waals surface area (Å²) in [6, 6.07) is 20.3. The lowest BCUT2D eigenvalue weighted by Crippen LogP contribution is -1.97. The second-order valence-electron chi connectivity index (χ2n) is 6.50. The van der Waals surface area contributed by atoms with Crippen molar-refractivity contribution in [2.24, 2.45) is 0 Å². The van der Waals surface area contributed by atoms with E-state index in [2.05, 4.69) is 6.92 Å². The minimum absolute atomic E-state index is 0.0343. The molecule has 0 atom stereocenters. The van der Waals surface area contributed by atoms with E-state index in [0.29, 0.717) is 0 Å². The molecule has 0 aliphatic heterocycles. The first kappa shape index (κ1) is 20.3. The van der Waals surface area contributed by atoms with Gasteiger partial charge in [-0.3, -0.25) is 0 Å². The van der Waals surface area contributed by atoms with Crippen LogP contribution in [-0.2, 0) is 0 Å². The molecule has 0 saturated carbocycles. The molecule has 0 heterocycles. The summed E-state index contributed by atoms with van der Waals surface area (Å²) in [6.45, 7) is 3.91. The van der Waals surface area contributed by atoms with Crippen LogP contribution in [0.15, 0.2) is 84.9 Å². The van der Waals surface area contributed by atoms with E-state index in [1.807, 2.05) is 0 Å². The van der Waals surface area contributed by atoms with Gasteiger partial charge in [0.15, 0.2) is 34.7 Å². The number of para-hydroxylation sites is 3. The highest BCUT2D eigenvalue weighted by Gasteiger charge is 2.16. The van der Waals surface area contributed by atoms with Crippen LogP contribution in [0.3, 0.4) is 0 Å². The van der Waals surface area contributed by atoms with Crippen LogP contribution in [0.1, 0.15) is 5.56 Å². The lowest BCUT2D eigenvalue weighted by molar-refractivity contribution is 0.406. The summed E-state index contributed by atoms with van der Waals surface area (Å²) in [7, 11) is 0. The lowest BCUT2D eigenvalue weighted by atomic mass is 10.2. The van der Waals surface area contributed by atoms with Gasteiger partial charge in [-0.1, -0.05) is 36.4 Å². The van der Waals surface area contributed by atoms with E-state index in [1.165, 1.54) is 66.7 Å². The highest BCUT2D eigenvalue weighted by molar-refractivity contribution is 5.55. The minimum atomic E-state index is -0.584. The maximum absolute atomic E-state index is 14.1. The van der Waals surface area contributed by atoms with Gasteiger partial charge in [0.2, 0.25) is 0 Å². The van der Waals surface area contributed by atoms with E-state index in [-0.39, 0.29) is 40.1 Å². The quantitative estimate of drug-likeness (QED) is 0.320. The first-order chi connectivity index (χ1) is 15.0. The van der Waals surface area contributed by atoms with Crippen molar-refractivity contribution >= 4 is 0 Å². The van der Waals surface area contributed by atoms with Gasteiger partial charge >= 0.3 is 0 Å². The summed E-state index contributed by atoms with van der Waals surface area (Å²) in [5, 5.41) is 0. The topological polar surface area (TPSA) is 27.7 Å². The van der Waals surface area contributed by atoms with E-state index in [1.54, 1.807) is 18.2 Å². The van der Waals surface area contributed by atoms with Crippen LogP contribution in [-0.4, -0.2) is 0 Å². The zero-order chi connectivity index (χ0) is 21.8. The maximum atomic E-state index is 14.1. The molecular formula is C25H16F3O3. The molecule has 0 aromatic heterocycles. The Kier molecular flexibility index (Phi) is 5.80. The molecule has 155 valence electrons. The van der Waals surface area contributed by atoms with E-state index in [9.17, 15) is 13.2 Å². The average Bonchev–Trinajstić information content (AvgIpc) is 2.76. The average molecular weight is 421 g/mol. The van der Waals surface area contributed by atoms with E-state index >= 15 is 0 Å². The summed E-state index contributed by atoms with van der Waals surface area (Å²) >= 11 is 0. The van der Waals surface area contributed by atoms with Crippen molar-refractivity contribution in [1.82, 2.24) is 0 Å². The highest BCUT2D eigenvalue weighted by atomic mass is 19.1. The molecule has 0 aliphatic carbocycles. The molecule has 0 saturated heterocycles. The van der Waals surface area contributed by atoms with E-state index in [4.69, 9.17) is 14.2 Å². The van der Waals surface area contributed by atoms with Crippen LogP contribution in [0, 0.1) is 24.4 Å². The lowest BCUT2D eigenvalue weighted by Gasteiger charge is -2.17. The number of hydrogen-bond acceptors (Lipinski definition) is 3. The van der Waals surface area contributed by atoms with Gasteiger partial charge in [-0.2, -0.15) is 0 Å². The molecule has 4 aromatic carbocycles. The fourth-order valence-corrected chi connectivity index (χ4v) is 2.78. The summed E-state index contributed by atoms with van der Waals surface area (Å²) in [4.78, 5) is 0. The Morgan fingerprint density at radius 2 is 0.839 bits per heavy atom. The third-order valence-electron chi connectivity index (χ3n) is 4.32. The van der Waals surface area contributed by atoms with Crippen molar-refractivity contribution in [2.45, 2.75) is 0 Å². The summed E-state index contributed by atoms with van der Waals surface area (Å²) in [5.41, 5.74) is 0.229. The summed E-state index contributed by atoms with van der Waals surface area (Å²) < 4.78 is 59.2. The number of hydrogen-bond donors (Lipinski definition) is 0. The van der Waals surface area contributed by atoms with Gasteiger partial charge in [0.1, 0.15) is 17.2 Å². The third kappa shape index (κ3) is 4.64. The molecule has 0 fully saturated rings. The van der Waals surface area contributed by atoms with E-state index < -0.39 is 17.5 Å². The number of halogens is 3. The molecule has 0 aliphatic rings. The van der Waals surface area contributed by atoms with Gasteiger partial charge < -0.3 is 14.2 Å². The number of benzene rings is 4. The van der Waals surface area contributed by atoms with Gasteiger partial charge in [-0.05, 0) is 43.3 Å². The molecule has 3 nitrogen and oxygen atoms in total. The molecule has 31 heavy (non-hydrogen) atoms. The monoisotopic (exact) mass is 421 g/mol. The van der Waals surface area contributed by atoms with E-state index in [0.717, 1.165) is 0 Å². The highest BCUT2D eigenvalue weighted by Crippen LogP contribution is 2.40. The Bertz CT molecular complexity index is 1160. The molecule has 0 bridgehead atoms. The molecule has 0 amide bonds. The third-order valence-corrected chi connectivity index (χ3v) is 4.32. The molecule has 4 aromatic rings. The predicted molar refractivity (Wildman–Crippen MR) is 110 cm³/mol. The number of ether oxygens (including phenoxy) is 3. The smallest absolute Gasteiger partial charge is 0.165 e. The van der Waals surface area contributed by atoms with Crippen LogP contribution >= 0.6 is 0 Å². The first-order valence-corrected chi connectivity index (χ1v) is 9.28. The van der Waals surface area contributed by atoms with Gasteiger partial charge in [0, 0.05) is 17.7 Å². The number of rotatable bonds is 6. The Morgan fingerprint density at radius 1 is 0.484 bits per heavy atom. The molecule has 0 unspecified atom stereocenters. The minimum Gasteiger partial charge on any atom is -0.454 e. The van der Waals surface area contributed by atoms with Crippen LogP contribution in [0.25, 0.3) is 0 Å². The Labute approximate surface area is 177 Å². The Balaban J connectivity index is 1.76. The summed E-state index contributed by atoms with van der Waals surface area (Å²) in [5.74, 6) is -1.54. The zero-order valence-electron chi connectivity index (χ0n) is 16.1. The molecule has 0 N–H and O–H groups in total. The van der Waals surface area contributed by atoms with Crippen molar-refractivity contribution in [1.29, 1.82) is 0 Å². The van der Waals surface area contributed by atoms with Crippen molar-refractivity contribution in [3.63, 3.8) is 0 Å². The fourth-order valence-electron chi connectivity index (χ4n) is 2.78. The second kappa shape index (κ2) is 8.83. The van der Waals surface area contributed by atoms with Crippen LogP contribution in [0.4, 0.5) is 13.2 Å². The molecule has 1 radical (unpaired) electrons. The van der Waals surface area contributed by atoms with Gasteiger partial charge in [-0.25, -0.2) is 13.2 Å². The van der Waals surface area contributed by atoms with Gasteiger partial charge in [0.25, 0.3) is 0 Å². The summed E-state index contributed by atoms with van der Waals surface area (Å²) in [6.07, 6.45) is 0. The second-order valence-corrected chi connectivity index (χ2v) is 6.50. The molecule has 6 heteroatoms. The van der Waals surface area contributed by atoms with Crippen molar-refractivity contribution < 1.29 is 27.4 Å².